The van der Waals surface area contributed by atoms with Gasteiger partial charge in [0.2, 0.25) is 0 Å². The van der Waals surface area contributed by atoms with Crippen molar-refractivity contribution in [1.29, 1.82) is 0 Å². The van der Waals surface area contributed by atoms with Gasteiger partial charge in [-0.05, 0) is 56.6 Å². The van der Waals surface area contributed by atoms with Gasteiger partial charge >= 0.3 is 5.96 Å². The molecule has 4 amide bonds. The Morgan fingerprint density at radius 1 is 0.619 bits per heavy atom. The SMILES string of the molecule is NC(N)=NCCN1C(=O)c2ccc3c4ccc5c6c(ccc(c7ccc(c2c37)C1=O)c64)C(=O)N(CC[NH+]=C(N)[NH3+])C5=O. The Bertz CT molecular complexity index is 1850. The van der Waals surface area contributed by atoms with Gasteiger partial charge in [-0.3, -0.25) is 39.7 Å². The average molecular weight is 563 g/mol. The first-order valence-electron chi connectivity index (χ1n) is 13.3. The van der Waals surface area contributed by atoms with Crippen molar-refractivity contribution in [3.05, 3.63) is 70.8 Å². The van der Waals surface area contributed by atoms with Crippen molar-refractivity contribution in [3.63, 3.8) is 0 Å². The average Bonchev–Trinajstić information content (AvgIpc) is 2.97. The van der Waals surface area contributed by atoms with Crippen LogP contribution in [0.4, 0.5) is 0 Å². The van der Waals surface area contributed by atoms with Crippen molar-refractivity contribution in [2.45, 2.75) is 0 Å². The van der Waals surface area contributed by atoms with Crippen LogP contribution in [0.25, 0.3) is 43.1 Å². The maximum atomic E-state index is 13.5. The van der Waals surface area contributed by atoms with E-state index in [4.69, 9.17) is 17.2 Å². The molecule has 0 aromatic heterocycles. The molecule has 12 heteroatoms. The van der Waals surface area contributed by atoms with E-state index in [1.807, 2.05) is 24.3 Å². The minimum atomic E-state index is -0.415. The Balaban J connectivity index is 1.44. The molecule has 0 radical (unpaired) electrons. The van der Waals surface area contributed by atoms with Crippen LogP contribution < -0.4 is 27.9 Å². The Labute approximate surface area is 237 Å². The van der Waals surface area contributed by atoms with E-state index in [2.05, 4.69) is 15.7 Å². The zero-order chi connectivity index (χ0) is 29.4. The van der Waals surface area contributed by atoms with Gasteiger partial charge in [0.25, 0.3) is 23.6 Å². The van der Waals surface area contributed by atoms with E-state index in [0.717, 1.165) is 37.2 Å². The van der Waals surface area contributed by atoms with Crippen LogP contribution in [0.3, 0.4) is 0 Å². The zero-order valence-corrected chi connectivity index (χ0v) is 22.4. The van der Waals surface area contributed by atoms with E-state index in [1.54, 1.807) is 24.3 Å². The van der Waals surface area contributed by atoms with Gasteiger partial charge in [-0.15, -0.1) is 0 Å². The van der Waals surface area contributed by atoms with E-state index in [9.17, 15) is 19.2 Å². The number of nitrogens with zero attached hydrogens (tertiary/aromatic N) is 3. The highest BCUT2D eigenvalue weighted by molar-refractivity contribution is 6.41. The number of carbonyl (C=O) groups excluding carboxylic acids is 4. The normalized spacial score (nSPS) is 15.2. The molecule has 0 saturated carbocycles. The summed E-state index contributed by atoms with van der Waals surface area (Å²) in [7, 11) is 0. The predicted molar refractivity (Wildman–Crippen MR) is 157 cm³/mol. The molecule has 5 aromatic rings. The van der Waals surface area contributed by atoms with Gasteiger partial charge in [0.05, 0.1) is 13.1 Å². The van der Waals surface area contributed by atoms with E-state index in [1.165, 1.54) is 4.90 Å². The van der Waals surface area contributed by atoms with Gasteiger partial charge < -0.3 is 11.5 Å². The molecule has 0 atom stereocenters. The maximum Gasteiger partial charge on any atom is 0.434 e. The lowest BCUT2D eigenvalue weighted by Gasteiger charge is -2.29. The summed E-state index contributed by atoms with van der Waals surface area (Å²) in [6.07, 6.45) is 0. The number of hydrogen-bond acceptors (Lipinski definition) is 5. The molecule has 5 aromatic carbocycles. The van der Waals surface area contributed by atoms with Gasteiger partial charge in [0, 0.05) is 39.6 Å². The van der Waals surface area contributed by atoms with Crippen LogP contribution in [0.5, 0.6) is 0 Å². The quantitative estimate of drug-likeness (QED) is 0.0563. The molecular formula is C30H26N8O4+2. The molecular weight excluding hydrogens is 536 g/mol. The van der Waals surface area contributed by atoms with Crippen molar-refractivity contribution in [3.8, 4) is 0 Å². The van der Waals surface area contributed by atoms with Crippen LogP contribution in [0.15, 0.2) is 53.5 Å². The van der Waals surface area contributed by atoms with Gasteiger partial charge in [0.1, 0.15) is 6.54 Å². The zero-order valence-electron chi connectivity index (χ0n) is 22.4. The number of amides is 4. The first-order valence-corrected chi connectivity index (χ1v) is 13.3. The van der Waals surface area contributed by atoms with Crippen molar-refractivity contribution in [2.24, 2.45) is 22.2 Å². The predicted octanol–water partition coefficient (Wildman–Crippen LogP) is -1.16. The molecule has 42 heavy (non-hydrogen) atoms. The number of benzene rings is 5. The van der Waals surface area contributed by atoms with Crippen LogP contribution in [0, 0.1) is 0 Å². The number of nitrogens with two attached hydrogens (primary N) is 3. The van der Waals surface area contributed by atoms with Gasteiger partial charge in [-0.25, -0.2) is 10.7 Å². The fourth-order valence-corrected chi connectivity index (χ4v) is 6.38. The molecule has 2 heterocycles. The van der Waals surface area contributed by atoms with E-state index < -0.39 is 11.8 Å². The molecule has 0 spiro atoms. The number of carbonyl (C=O) groups is 4. The highest BCUT2D eigenvalue weighted by Gasteiger charge is 2.36. The molecule has 2 aliphatic heterocycles. The summed E-state index contributed by atoms with van der Waals surface area (Å²) in [5.41, 5.74) is 21.7. The second-order valence-electron chi connectivity index (χ2n) is 10.4. The van der Waals surface area contributed by atoms with Gasteiger partial charge in [-0.2, -0.15) is 0 Å². The summed E-state index contributed by atoms with van der Waals surface area (Å²) >= 11 is 0. The van der Waals surface area contributed by atoms with Crippen molar-refractivity contribution in [1.82, 2.24) is 9.80 Å². The Morgan fingerprint density at radius 3 is 1.36 bits per heavy atom. The topological polar surface area (TPSA) is 207 Å². The van der Waals surface area contributed by atoms with Crippen molar-refractivity contribution in [2.75, 3.05) is 26.2 Å². The molecule has 2 aliphatic rings. The monoisotopic (exact) mass is 562 g/mol. The molecule has 0 aliphatic carbocycles. The van der Waals surface area contributed by atoms with Crippen LogP contribution in [0.2, 0.25) is 0 Å². The number of nitrogens with one attached hydrogen (secondary N) is 1. The van der Waals surface area contributed by atoms with E-state index in [0.29, 0.717) is 33.0 Å². The Kier molecular flexibility index (Phi) is 5.40. The maximum absolute atomic E-state index is 13.5. The van der Waals surface area contributed by atoms with Crippen LogP contribution in [-0.4, -0.2) is 71.5 Å². The highest BCUT2D eigenvalue weighted by Crippen LogP contribution is 2.46. The lowest BCUT2D eigenvalue weighted by atomic mass is 9.82. The molecule has 0 saturated heterocycles. The molecule has 0 bridgehead atoms. The first-order chi connectivity index (χ1) is 20.2. The third-order valence-corrected chi connectivity index (χ3v) is 8.11. The lowest BCUT2D eigenvalue weighted by Crippen LogP contribution is -2.89. The summed E-state index contributed by atoms with van der Waals surface area (Å²) in [6.45, 7) is 0.563. The van der Waals surface area contributed by atoms with Crippen LogP contribution >= 0.6 is 0 Å². The fourth-order valence-electron chi connectivity index (χ4n) is 6.38. The second kappa shape index (κ2) is 8.94. The standard InChI is InChI=1S/C30H24N8O4/c31-29(32)35-9-11-37-25(39)17-5-1-13-14-2-6-19-24-20(28(42)38(27(19)41)12-10-36-30(33)34)8-4-16(22(14)24)15-3-7-18(26(37)40)23(17)21(13)15/h1-8H,9-12H2,(H4,31,32,35)(H4,33,34,36)/p+2. The number of guanidine groups is 2. The van der Waals surface area contributed by atoms with Crippen molar-refractivity contribution >= 4 is 78.6 Å². The molecule has 12 nitrogen and oxygen atoms in total. The second-order valence-corrected chi connectivity index (χ2v) is 10.4. The van der Waals surface area contributed by atoms with Crippen LogP contribution in [0.1, 0.15) is 41.4 Å². The molecule has 0 fully saturated rings. The Hall–Kier alpha value is -5.62. The number of hydrogen-bond donors (Lipinski definition) is 5. The Morgan fingerprint density at radius 2 is 1.00 bits per heavy atom. The smallest absolute Gasteiger partial charge is 0.370 e. The third kappa shape index (κ3) is 3.38. The first kappa shape index (κ1) is 25.4. The van der Waals surface area contributed by atoms with E-state index >= 15 is 0 Å². The molecule has 0 unspecified atom stereocenters. The molecule has 10 N–H and O–H groups in total. The summed E-state index contributed by atoms with van der Waals surface area (Å²) < 4.78 is 0. The number of aliphatic imine (C=N–C) groups is 1. The van der Waals surface area contributed by atoms with Gasteiger partial charge in [-0.1, -0.05) is 24.3 Å². The fraction of sp³-hybridized carbons (Fsp3) is 0.133. The summed E-state index contributed by atoms with van der Waals surface area (Å²) in [4.78, 5) is 63.2. The van der Waals surface area contributed by atoms with Crippen molar-refractivity contribution < 1.29 is 29.9 Å². The number of rotatable bonds is 6. The molecule has 208 valence electrons. The lowest BCUT2D eigenvalue weighted by molar-refractivity contribution is -0.503. The minimum absolute atomic E-state index is 0.0454. The third-order valence-electron chi connectivity index (χ3n) is 8.11. The largest absolute Gasteiger partial charge is 0.434 e. The number of quaternary nitrogens is 1. The number of fused-ring (bicyclic) bond motifs is 2. The minimum Gasteiger partial charge on any atom is -0.370 e. The number of imide groups is 2. The molecule has 7 rings (SSSR count). The van der Waals surface area contributed by atoms with E-state index in [-0.39, 0.29) is 49.9 Å². The van der Waals surface area contributed by atoms with Gasteiger partial charge in [0.15, 0.2) is 5.96 Å². The van der Waals surface area contributed by atoms with Crippen LogP contribution in [-0.2, 0) is 0 Å². The summed E-state index contributed by atoms with van der Waals surface area (Å²) in [5.74, 6) is -1.45. The summed E-state index contributed by atoms with van der Waals surface area (Å²) in [5, 5.41) is 6.07. The summed E-state index contributed by atoms with van der Waals surface area (Å²) in [6, 6.07) is 14.4. The highest BCUT2D eigenvalue weighted by atomic mass is 16.2.